The molecule has 0 unspecified atom stereocenters. The Morgan fingerprint density at radius 1 is 0.679 bits per heavy atom. The van der Waals surface area contributed by atoms with Crippen LogP contribution in [-0.4, -0.2) is 15.3 Å². The summed E-state index contributed by atoms with van der Waals surface area (Å²) in [5, 5.41) is 33.1. The fourth-order valence-electron chi connectivity index (χ4n) is 3.69. The molecule has 0 saturated heterocycles. The molecule has 5 nitrogen and oxygen atoms in total. The topological polar surface area (TPSA) is 90.9 Å². The number of fused-ring (bicyclic) bond motifs is 3. The third kappa shape index (κ3) is 2.16. The highest BCUT2D eigenvalue weighted by Crippen LogP contribution is 2.47. The molecule has 3 aromatic rings. The molecule has 0 radical (unpaired) electrons. The quantitative estimate of drug-likeness (QED) is 0.290. The fraction of sp³-hybridized carbons (Fsp3) is 0. The maximum Gasteiger partial charge on any atom is 0.224 e. The molecule has 3 N–H and O–H groups in total. The van der Waals surface area contributed by atoms with Crippen molar-refractivity contribution in [1.82, 2.24) is 0 Å². The Balaban J connectivity index is 2.06. The highest BCUT2D eigenvalue weighted by Gasteiger charge is 2.24. The fourth-order valence-corrected chi connectivity index (χ4v) is 3.69. The van der Waals surface area contributed by atoms with Crippen LogP contribution in [0.25, 0.3) is 44.2 Å². The van der Waals surface area contributed by atoms with Crippen LogP contribution in [0.2, 0.25) is 0 Å². The summed E-state index contributed by atoms with van der Waals surface area (Å²) in [5.74, 6) is -1.37. The lowest BCUT2D eigenvalue weighted by Gasteiger charge is -2.18. The van der Waals surface area contributed by atoms with Crippen LogP contribution in [0, 0.1) is 0 Å². The van der Waals surface area contributed by atoms with Gasteiger partial charge < -0.3 is 19.7 Å². The van der Waals surface area contributed by atoms with Gasteiger partial charge in [-0.1, -0.05) is 42.5 Å². The number of rotatable bonds is 1. The van der Waals surface area contributed by atoms with Crippen LogP contribution in [0.3, 0.4) is 0 Å². The van der Waals surface area contributed by atoms with Crippen molar-refractivity contribution < 1.29 is 19.7 Å². The molecule has 0 fully saturated rings. The number of hydrogen-bond acceptors (Lipinski definition) is 5. The first-order chi connectivity index (χ1) is 13.6. The third-order valence-electron chi connectivity index (χ3n) is 5.01. The summed E-state index contributed by atoms with van der Waals surface area (Å²) in [4.78, 5) is 12.0. The second-order valence-electron chi connectivity index (χ2n) is 6.60. The van der Waals surface area contributed by atoms with Crippen molar-refractivity contribution in [1.29, 1.82) is 0 Å². The zero-order valence-electron chi connectivity index (χ0n) is 14.5. The summed E-state index contributed by atoms with van der Waals surface area (Å²) in [7, 11) is 0. The van der Waals surface area contributed by atoms with E-state index in [1.54, 1.807) is 12.1 Å². The molecular formula is C23H14O5. The van der Waals surface area contributed by atoms with Gasteiger partial charge in [-0.15, -0.1) is 0 Å². The van der Waals surface area contributed by atoms with E-state index in [0.29, 0.717) is 16.5 Å². The van der Waals surface area contributed by atoms with Crippen LogP contribution in [0.4, 0.5) is 0 Å². The second-order valence-corrected chi connectivity index (χ2v) is 6.60. The molecule has 136 valence electrons. The Morgan fingerprint density at radius 3 is 2.32 bits per heavy atom. The van der Waals surface area contributed by atoms with Gasteiger partial charge >= 0.3 is 0 Å². The van der Waals surface area contributed by atoms with Gasteiger partial charge in [0, 0.05) is 16.5 Å². The van der Waals surface area contributed by atoms with Crippen LogP contribution in [0.1, 0.15) is 0 Å². The van der Waals surface area contributed by atoms with Crippen molar-refractivity contribution in [2.45, 2.75) is 0 Å². The number of phenolic OH excluding ortho intramolecular Hbond substituents is 3. The summed E-state index contributed by atoms with van der Waals surface area (Å²) in [6, 6.07) is 19.6. The molecule has 28 heavy (non-hydrogen) atoms. The highest BCUT2D eigenvalue weighted by atomic mass is 16.4. The van der Waals surface area contributed by atoms with E-state index in [4.69, 9.17) is 4.42 Å². The molecule has 5 rings (SSSR count). The van der Waals surface area contributed by atoms with Gasteiger partial charge in [0.2, 0.25) is 16.9 Å². The second kappa shape index (κ2) is 5.76. The van der Waals surface area contributed by atoms with Gasteiger partial charge in [-0.25, -0.2) is 0 Å². The number of aromatic hydroxyl groups is 3. The first kappa shape index (κ1) is 16.2. The van der Waals surface area contributed by atoms with Crippen LogP contribution in [0.5, 0.6) is 17.2 Å². The zero-order chi connectivity index (χ0) is 19.4. The van der Waals surface area contributed by atoms with E-state index in [0.717, 1.165) is 16.3 Å². The predicted octanol–water partition coefficient (Wildman–Crippen LogP) is 4.83. The molecule has 0 spiro atoms. The normalized spacial score (nSPS) is 11.4. The number of benzene rings is 4. The molecule has 0 aromatic heterocycles. The Bertz CT molecular complexity index is 1410. The van der Waals surface area contributed by atoms with Gasteiger partial charge in [0.1, 0.15) is 0 Å². The van der Waals surface area contributed by atoms with E-state index in [9.17, 15) is 20.1 Å². The number of hydrogen-bond donors (Lipinski definition) is 3. The van der Waals surface area contributed by atoms with E-state index in [-0.39, 0.29) is 17.1 Å². The van der Waals surface area contributed by atoms with Crippen molar-refractivity contribution in [3.8, 4) is 39.7 Å². The summed E-state index contributed by atoms with van der Waals surface area (Å²) in [5.41, 5.74) is 1.49. The SMILES string of the molecule is O=c1ccc2c(-c3cccc4ccccc34)c3ccc(O)c(O)c3oc-2c1O. The van der Waals surface area contributed by atoms with Gasteiger partial charge in [-0.05, 0) is 40.6 Å². The van der Waals surface area contributed by atoms with E-state index in [1.807, 2.05) is 42.5 Å². The van der Waals surface area contributed by atoms with E-state index >= 15 is 0 Å². The van der Waals surface area contributed by atoms with Crippen LogP contribution in [-0.2, 0) is 0 Å². The van der Waals surface area contributed by atoms with Crippen LogP contribution in [0.15, 0.2) is 75.9 Å². The lowest BCUT2D eigenvalue weighted by molar-refractivity contribution is 0.398. The van der Waals surface area contributed by atoms with Crippen molar-refractivity contribution in [2.75, 3.05) is 0 Å². The Hall–Kier alpha value is -3.99. The lowest BCUT2D eigenvalue weighted by Crippen LogP contribution is -2.02. The lowest BCUT2D eigenvalue weighted by atomic mass is 9.90. The third-order valence-corrected chi connectivity index (χ3v) is 5.01. The summed E-state index contributed by atoms with van der Waals surface area (Å²) in [6.07, 6.45) is 0. The molecule has 0 atom stereocenters. The smallest absolute Gasteiger partial charge is 0.224 e. The van der Waals surface area contributed by atoms with E-state index < -0.39 is 16.9 Å². The number of phenols is 3. The maximum atomic E-state index is 12.0. The van der Waals surface area contributed by atoms with Gasteiger partial charge in [-0.3, -0.25) is 4.79 Å². The first-order valence-corrected chi connectivity index (χ1v) is 8.68. The standard InChI is InChI=1S/C23H14O5/c24-17-10-8-15-19(14-7-3-5-12-4-1-2-6-13(12)14)16-9-11-18(25)21(27)23(16)28-22(15)20(17)26/h1-11,24,26-27H. The summed E-state index contributed by atoms with van der Waals surface area (Å²) in [6.45, 7) is 0. The van der Waals surface area contributed by atoms with Crippen molar-refractivity contribution in [3.63, 3.8) is 0 Å². The molecule has 1 aliphatic heterocycles. The van der Waals surface area contributed by atoms with Crippen LogP contribution < -0.4 is 5.43 Å². The minimum Gasteiger partial charge on any atom is -0.504 e. The first-order valence-electron chi connectivity index (χ1n) is 8.68. The molecule has 2 aliphatic rings. The molecule has 0 amide bonds. The monoisotopic (exact) mass is 370 g/mol. The minimum atomic E-state index is -0.584. The molecule has 3 aromatic carbocycles. The van der Waals surface area contributed by atoms with Crippen molar-refractivity contribution >= 4 is 21.7 Å². The summed E-state index contributed by atoms with van der Waals surface area (Å²) >= 11 is 0. The maximum absolute atomic E-state index is 12.0. The molecule has 1 heterocycles. The van der Waals surface area contributed by atoms with Crippen molar-refractivity contribution in [3.05, 3.63) is 77.0 Å². The largest absolute Gasteiger partial charge is 0.504 e. The van der Waals surface area contributed by atoms with Gasteiger partial charge in [0.15, 0.2) is 17.1 Å². The molecule has 1 aliphatic carbocycles. The van der Waals surface area contributed by atoms with Gasteiger partial charge in [0.05, 0.1) is 0 Å². The minimum absolute atomic E-state index is 0.00339. The van der Waals surface area contributed by atoms with Gasteiger partial charge in [0.25, 0.3) is 0 Å². The molecule has 0 bridgehead atoms. The van der Waals surface area contributed by atoms with Gasteiger partial charge in [-0.2, -0.15) is 0 Å². The van der Waals surface area contributed by atoms with E-state index in [1.165, 1.54) is 12.1 Å². The van der Waals surface area contributed by atoms with Crippen molar-refractivity contribution in [2.24, 2.45) is 0 Å². The average molecular weight is 370 g/mol. The average Bonchev–Trinajstić information content (AvgIpc) is 2.72. The predicted molar refractivity (Wildman–Crippen MR) is 107 cm³/mol. The van der Waals surface area contributed by atoms with E-state index in [2.05, 4.69) is 0 Å². The Kier molecular flexibility index (Phi) is 3.33. The highest BCUT2D eigenvalue weighted by molar-refractivity contribution is 6.10. The molecule has 5 heteroatoms. The molecule has 0 saturated carbocycles. The Morgan fingerprint density at radius 2 is 1.46 bits per heavy atom. The molecular weight excluding hydrogens is 356 g/mol. The Labute approximate surface area is 158 Å². The zero-order valence-corrected chi connectivity index (χ0v) is 14.5. The van der Waals surface area contributed by atoms with Crippen LogP contribution >= 0.6 is 0 Å². The summed E-state index contributed by atoms with van der Waals surface area (Å²) < 4.78 is 5.68.